The molecule has 1 unspecified atom stereocenters. The summed E-state index contributed by atoms with van der Waals surface area (Å²) in [4.78, 5) is 17.4. The van der Waals surface area contributed by atoms with E-state index in [1.54, 1.807) is 0 Å². The van der Waals surface area contributed by atoms with E-state index >= 15 is 0 Å². The Labute approximate surface area is 167 Å². The third kappa shape index (κ3) is 6.39. The van der Waals surface area contributed by atoms with Gasteiger partial charge in [-0.15, -0.1) is 0 Å². The number of rotatable bonds is 3. The van der Waals surface area contributed by atoms with Gasteiger partial charge < -0.3 is 19.9 Å². The summed E-state index contributed by atoms with van der Waals surface area (Å²) in [6.07, 6.45) is 0.995. The molecule has 2 fully saturated rings. The van der Waals surface area contributed by atoms with E-state index in [9.17, 15) is 4.79 Å². The van der Waals surface area contributed by atoms with Crippen LogP contribution in [0.3, 0.4) is 0 Å². The Kier molecular flexibility index (Phi) is 8.64. The van der Waals surface area contributed by atoms with Gasteiger partial charge in [-0.3, -0.25) is 4.90 Å². The monoisotopic (exact) mass is 400 g/mol. The second-order valence-corrected chi connectivity index (χ2v) is 7.99. The van der Waals surface area contributed by atoms with Crippen molar-refractivity contribution in [2.24, 2.45) is 0 Å². The van der Waals surface area contributed by atoms with E-state index in [2.05, 4.69) is 40.9 Å². The van der Waals surface area contributed by atoms with Gasteiger partial charge in [0.2, 0.25) is 0 Å². The maximum absolute atomic E-state index is 10.4. The number of likely N-dealkylation sites (N-methyl/N-ethyl adjacent to an activating group) is 1. The summed E-state index contributed by atoms with van der Waals surface area (Å²) >= 11 is 11.9. The zero-order valence-corrected chi connectivity index (χ0v) is 17.4. The van der Waals surface area contributed by atoms with Crippen LogP contribution in [0.5, 0.6) is 0 Å². The van der Waals surface area contributed by atoms with Crippen molar-refractivity contribution in [3.8, 4) is 0 Å². The van der Waals surface area contributed by atoms with Gasteiger partial charge in [0.15, 0.2) is 0 Å². The quantitative estimate of drug-likeness (QED) is 0.789. The second-order valence-electron chi connectivity index (χ2n) is 7.17. The van der Waals surface area contributed by atoms with Crippen LogP contribution >= 0.6 is 23.2 Å². The van der Waals surface area contributed by atoms with E-state index in [4.69, 9.17) is 23.2 Å². The van der Waals surface area contributed by atoms with E-state index in [1.165, 1.54) is 0 Å². The van der Waals surface area contributed by atoms with Crippen molar-refractivity contribution in [2.45, 2.75) is 25.9 Å². The smallest absolute Gasteiger partial charge is 0.138 e. The summed E-state index contributed by atoms with van der Waals surface area (Å²) < 4.78 is 0. The average Bonchev–Trinajstić information content (AvgIpc) is 2.65. The van der Waals surface area contributed by atoms with Gasteiger partial charge in [-0.2, -0.15) is 0 Å². The minimum absolute atomic E-state index is 0.0474. The van der Waals surface area contributed by atoms with Crippen molar-refractivity contribution < 1.29 is 4.79 Å². The number of anilines is 1. The molecule has 0 aliphatic carbocycles. The normalized spacial score (nSPS) is 22.1. The lowest BCUT2D eigenvalue weighted by atomic mass is 10.2. The van der Waals surface area contributed by atoms with Gasteiger partial charge in [0.05, 0.1) is 16.1 Å². The average molecular weight is 401 g/mol. The van der Waals surface area contributed by atoms with Crippen LogP contribution in [0.15, 0.2) is 18.2 Å². The van der Waals surface area contributed by atoms with Gasteiger partial charge in [0.25, 0.3) is 0 Å². The summed E-state index contributed by atoms with van der Waals surface area (Å²) in [5.74, 6) is 0. The summed E-state index contributed by atoms with van der Waals surface area (Å²) in [5.41, 5.74) is 1.16. The zero-order chi connectivity index (χ0) is 19.1. The third-order valence-electron chi connectivity index (χ3n) is 4.90. The number of piperazine rings is 2. The van der Waals surface area contributed by atoms with Crippen molar-refractivity contribution >= 4 is 35.2 Å². The van der Waals surface area contributed by atoms with Gasteiger partial charge in [-0.1, -0.05) is 23.2 Å². The van der Waals surface area contributed by atoms with E-state index in [0.29, 0.717) is 16.1 Å². The summed E-state index contributed by atoms with van der Waals surface area (Å²) in [6, 6.07) is 6.43. The van der Waals surface area contributed by atoms with Gasteiger partial charge in [-0.05, 0) is 39.1 Å². The standard InChI is InChI=1S/C11H14Cl2N2.C8H16N2O/c1-14-4-6-15(7-5-14)9-2-3-10(12)11(13)8-9;1-7(2)10-4-3-9-8(5-10)6-11/h2-3,8H,4-7H2,1H3;6-9H,3-5H2,1-2H3. The summed E-state index contributed by atoms with van der Waals surface area (Å²) in [6.45, 7) is 11.5. The second kappa shape index (κ2) is 10.5. The first-order valence-electron chi connectivity index (χ1n) is 9.22. The van der Waals surface area contributed by atoms with E-state index in [-0.39, 0.29) is 6.04 Å². The van der Waals surface area contributed by atoms with Crippen molar-refractivity contribution in [3.63, 3.8) is 0 Å². The molecule has 0 spiro atoms. The predicted molar refractivity (Wildman–Crippen MR) is 111 cm³/mol. The van der Waals surface area contributed by atoms with Crippen molar-refractivity contribution in [2.75, 3.05) is 57.8 Å². The molecule has 1 atom stereocenters. The molecule has 1 N–H and O–H groups in total. The molecule has 0 aromatic heterocycles. The first-order chi connectivity index (χ1) is 12.4. The highest BCUT2D eigenvalue weighted by Crippen LogP contribution is 2.27. The molecule has 7 heteroatoms. The minimum atomic E-state index is 0.0474. The van der Waals surface area contributed by atoms with Crippen LogP contribution < -0.4 is 10.2 Å². The van der Waals surface area contributed by atoms with Crippen LogP contribution in [-0.2, 0) is 4.79 Å². The Morgan fingerprint density at radius 3 is 2.38 bits per heavy atom. The van der Waals surface area contributed by atoms with Gasteiger partial charge >= 0.3 is 0 Å². The molecule has 1 aromatic rings. The Morgan fingerprint density at radius 1 is 1.12 bits per heavy atom. The fourth-order valence-corrected chi connectivity index (χ4v) is 3.40. The Morgan fingerprint density at radius 2 is 1.81 bits per heavy atom. The molecule has 26 heavy (non-hydrogen) atoms. The molecule has 146 valence electrons. The number of hydrogen-bond acceptors (Lipinski definition) is 5. The van der Waals surface area contributed by atoms with Crippen LogP contribution in [0, 0.1) is 0 Å². The fraction of sp³-hybridized carbons (Fsp3) is 0.632. The topological polar surface area (TPSA) is 38.8 Å². The molecule has 0 bridgehead atoms. The highest BCUT2D eigenvalue weighted by molar-refractivity contribution is 6.42. The maximum atomic E-state index is 10.4. The molecule has 2 heterocycles. The van der Waals surface area contributed by atoms with E-state index in [1.807, 2.05) is 18.2 Å². The Hall–Kier alpha value is -0.850. The molecule has 2 aliphatic heterocycles. The van der Waals surface area contributed by atoms with E-state index in [0.717, 1.165) is 57.8 Å². The number of halogens is 2. The van der Waals surface area contributed by atoms with Crippen LogP contribution in [0.1, 0.15) is 13.8 Å². The lowest BCUT2D eigenvalue weighted by Crippen LogP contribution is -2.53. The number of nitrogens with zero attached hydrogens (tertiary/aromatic N) is 3. The molecular weight excluding hydrogens is 371 g/mol. The first-order valence-corrected chi connectivity index (χ1v) is 9.97. The summed E-state index contributed by atoms with van der Waals surface area (Å²) in [5, 5.41) is 4.40. The molecule has 0 radical (unpaired) electrons. The summed E-state index contributed by atoms with van der Waals surface area (Å²) in [7, 11) is 2.15. The highest BCUT2D eigenvalue weighted by Gasteiger charge is 2.19. The number of nitrogens with one attached hydrogen (secondary N) is 1. The number of carbonyl (C=O) groups excluding carboxylic acids is 1. The molecule has 5 nitrogen and oxygen atoms in total. The Bertz CT molecular complexity index is 577. The maximum Gasteiger partial charge on any atom is 0.138 e. The highest BCUT2D eigenvalue weighted by atomic mass is 35.5. The Balaban J connectivity index is 0.000000197. The fourth-order valence-electron chi connectivity index (χ4n) is 3.11. The first kappa shape index (κ1) is 21.5. The van der Waals surface area contributed by atoms with Crippen LogP contribution in [0.4, 0.5) is 5.69 Å². The lowest BCUT2D eigenvalue weighted by molar-refractivity contribution is -0.110. The molecule has 1 aromatic carbocycles. The predicted octanol–water partition coefficient (Wildman–Crippen LogP) is 2.61. The largest absolute Gasteiger partial charge is 0.369 e. The van der Waals surface area contributed by atoms with E-state index < -0.39 is 0 Å². The van der Waals surface area contributed by atoms with Crippen LogP contribution in [-0.4, -0.2) is 81.0 Å². The van der Waals surface area contributed by atoms with Crippen molar-refractivity contribution in [1.82, 2.24) is 15.1 Å². The zero-order valence-electron chi connectivity index (χ0n) is 15.9. The SMILES string of the molecule is CC(C)N1CCNC(C=O)C1.CN1CCN(c2ccc(Cl)c(Cl)c2)CC1. The molecule has 3 rings (SSSR count). The number of aldehydes is 1. The third-order valence-corrected chi connectivity index (χ3v) is 5.64. The number of carbonyl (C=O) groups is 1. The van der Waals surface area contributed by atoms with Crippen molar-refractivity contribution in [1.29, 1.82) is 0 Å². The van der Waals surface area contributed by atoms with Crippen LogP contribution in [0.25, 0.3) is 0 Å². The van der Waals surface area contributed by atoms with Gasteiger partial charge in [0.1, 0.15) is 6.29 Å². The lowest BCUT2D eigenvalue weighted by Gasteiger charge is -2.34. The molecule has 0 saturated carbocycles. The minimum Gasteiger partial charge on any atom is -0.369 e. The van der Waals surface area contributed by atoms with Crippen molar-refractivity contribution in [3.05, 3.63) is 28.2 Å². The molecule has 2 saturated heterocycles. The molecule has 0 amide bonds. The van der Waals surface area contributed by atoms with Crippen LogP contribution in [0.2, 0.25) is 10.0 Å². The molecule has 2 aliphatic rings. The number of hydrogen-bond donors (Lipinski definition) is 1. The number of benzene rings is 1. The molecular formula is C19H30Cl2N4O. The van der Waals surface area contributed by atoms with Gasteiger partial charge in [0, 0.05) is 57.5 Å². The van der Waals surface area contributed by atoms with Gasteiger partial charge in [-0.25, -0.2) is 0 Å².